The van der Waals surface area contributed by atoms with Gasteiger partial charge in [0.15, 0.2) is 0 Å². The van der Waals surface area contributed by atoms with Gasteiger partial charge in [0.1, 0.15) is 17.1 Å². The van der Waals surface area contributed by atoms with Crippen LogP contribution in [0.1, 0.15) is 89.3 Å². The molecule has 0 N–H and O–H groups in total. The zero-order chi connectivity index (χ0) is 38.7. The standard InChI is InChI=1S/C53H47BN2O2/c1-51(2)31-52(3,4)40-28-33(20-21-38(40)51)56-44-29-34(55-42-17-8-5-12-35(42)36-13-6-9-18-43(36)55)30-46-48(44)54(41-16-7-10-19-45(41)57-46)47-37-14-11-15-39(49(37)58-50(47)56)53-25-22-32(23-26-53)24-27-53/h5-21,28-30,32H,22-27,31H2,1-4H3. The van der Waals surface area contributed by atoms with Gasteiger partial charge in [0, 0.05) is 38.9 Å². The second-order valence-corrected chi connectivity index (χ2v) is 19.6. The summed E-state index contributed by atoms with van der Waals surface area (Å²) in [5.41, 5.74) is 15.1. The Balaban J connectivity index is 1.14. The van der Waals surface area contributed by atoms with Crippen molar-refractivity contribution in [3.63, 3.8) is 0 Å². The molecule has 2 bridgehead atoms. The van der Waals surface area contributed by atoms with Crippen molar-refractivity contribution in [1.82, 2.24) is 4.57 Å². The molecule has 2 aliphatic heterocycles. The van der Waals surface area contributed by atoms with Crippen molar-refractivity contribution in [2.24, 2.45) is 5.92 Å². The van der Waals surface area contributed by atoms with Crippen LogP contribution in [0.4, 0.5) is 17.3 Å². The van der Waals surface area contributed by atoms with Crippen LogP contribution in [0.2, 0.25) is 0 Å². The maximum absolute atomic E-state index is 7.62. The maximum Gasteiger partial charge on any atom is 0.261 e. The van der Waals surface area contributed by atoms with Crippen LogP contribution in [-0.4, -0.2) is 11.3 Å². The molecule has 58 heavy (non-hydrogen) atoms. The summed E-state index contributed by atoms with van der Waals surface area (Å²) in [6.07, 6.45) is 8.89. The van der Waals surface area contributed by atoms with Gasteiger partial charge in [-0.1, -0.05) is 107 Å². The second-order valence-electron chi connectivity index (χ2n) is 19.6. The number of hydrogen-bond donors (Lipinski definition) is 0. The van der Waals surface area contributed by atoms with E-state index in [1.165, 1.54) is 98.8 Å². The third kappa shape index (κ3) is 4.32. The summed E-state index contributed by atoms with van der Waals surface area (Å²) < 4.78 is 17.1. The summed E-state index contributed by atoms with van der Waals surface area (Å²) in [5, 5.41) is 3.74. The predicted molar refractivity (Wildman–Crippen MR) is 240 cm³/mol. The third-order valence-electron chi connectivity index (χ3n) is 15.4. The van der Waals surface area contributed by atoms with Crippen molar-refractivity contribution >= 4 is 73.1 Å². The normalized spacial score (nSPS) is 21.9. The average molecular weight is 755 g/mol. The van der Waals surface area contributed by atoms with Crippen molar-refractivity contribution in [2.45, 2.75) is 88.9 Å². The summed E-state index contributed by atoms with van der Waals surface area (Å²) in [4.78, 5) is 2.47. The first-order valence-electron chi connectivity index (χ1n) is 21.6. The van der Waals surface area contributed by atoms with Gasteiger partial charge in [-0.15, -0.1) is 0 Å². The molecule has 4 heterocycles. The Labute approximate surface area is 340 Å². The lowest BCUT2D eigenvalue weighted by Gasteiger charge is -2.46. The Morgan fingerprint density at radius 3 is 2.02 bits per heavy atom. The first-order valence-corrected chi connectivity index (χ1v) is 21.6. The maximum atomic E-state index is 7.62. The van der Waals surface area contributed by atoms with E-state index in [1.807, 2.05) is 0 Å². The lowest BCUT2D eigenvalue weighted by Crippen LogP contribution is -2.59. The molecule has 0 amide bonds. The molecule has 6 aliphatic rings. The highest BCUT2D eigenvalue weighted by molar-refractivity contribution is 7.00. The van der Waals surface area contributed by atoms with Crippen LogP contribution in [-0.2, 0) is 16.2 Å². The lowest BCUT2D eigenvalue weighted by molar-refractivity contribution is 0.136. The highest BCUT2D eigenvalue weighted by Gasteiger charge is 2.49. The van der Waals surface area contributed by atoms with Gasteiger partial charge in [-0.3, -0.25) is 4.90 Å². The molecule has 6 aromatic carbocycles. The number of nitrogens with zero attached hydrogens (tertiary/aromatic N) is 2. The third-order valence-corrected chi connectivity index (χ3v) is 15.4. The summed E-state index contributed by atoms with van der Waals surface area (Å²) in [6.45, 7) is 9.60. The van der Waals surface area contributed by atoms with Crippen LogP contribution in [0, 0.1) is 5.92 Å². The first-order chi connectivity index (χ1) is 28.2. The molecule has 4 aliphatic carbocycles. The van der Waals surface area contributed by atoms with Crippen molar-refractivity contribution in [1.29, 1.82) is 0 Å². The Hall–Kier alpha value is -5.68. The van der Waals surface area contributed by atoms with Gasteiger partial charge in [0.05, 0.1) is 22.4 Å². The molecular weight excluding hydrogens is 707 g/mol. The zero-order valence-electron chi connectivity index (χ0n) is 33.9. The van der Waals surface area contributed by atoms with E-state index in [1.54, 1.807) is 0 Å². The fourth-order valence-corrected chi connectivity index (χ4v) is 13.0. The van der Waals surface area contributed by atoms with Crippen LogP contribution in [0.3, 0.4) is 0 Å². The molecular formula is C53H47BN2O2. The summed E-state index contributed by atoms with van der Waals surface area (Å²) in [7, 11) is 0. The number of aromatic nitrogens is 1. The first kappa shape index (κ1) is 33.3. The molecule has 3 fully saturated rings. The van der Waals surface area contributed by atoms with Gasteiger partial charge >= 0.3 is 0 Å². The molecule has 0 atom stereocenters. The highest BCUT2D eigenvalue weighted by Crippen LogP contribution is 2.55. The second kappa shape index (κ2) is 11.3. The van der Waals surface area contributed by atoms with E-state index in [9.17, 15) is 0 Å². The summed E-state index contributed by atoms with van der Waals surface area (Å²) in [6, 6.07) is 45.3. The van der Waals surface area contributed by atoms with E-state index in [2.05, 4.69) is 158 Å². The minimum atomic E-state index is -0.0469. The Morgan fingerprint density at radius 1 is 0.586 bits per heavy atom. The fraction of sp³-hybridized carbons (Fsp3) is 0.283. The van der Waals surface area contributed by atoms with E-state index < -0.39 is 0 Å². The van der Waals surface area contributed by atoms with Crippen LogP contribution < -0.4 is 26.0 Å². The van der Waals surface area contributed by atoms with E-state index in [4.69, 9.17) is 9.15 Å². The fourth-order valence-electron chi connectivity index (χ4n) is 13.0. The minimum absolute atomic E-state index is 0.0440. The molecule has 284 valence electrons. The number of furan rings is 1. The Morgan fingerprint density at radius 2 is 1.26 bits per heavy atom. The van der Waals surface area contributed by atoms with E-state index in [0.717, 1.165) is 52.4 Å². The topological polar surface area (TPSA) is 30.5 Å². The van der Waals surface area contributed by atoms with Gasteiger partial charge in [0.2, 0.25) is 5.88 Å². The van der Waals surface area contributed by atoms with Gasteiger partial charge in [-0.25, -0.2) is 0 Å². The number of rotatable bonds is 3. The van der Waals surface area contributed by atoms with Crippen molar-refractivity contribution in [3.8, 4) is 17.2 Å². The molecule has 3 saturated carbocycles. The molecule has 8 aromatic rings. The minimum Gasteiger partial charge on any atom is -0.458 e. The van der Waals surface area contributed by atoms with Crippen LogP contribution in [0.25, 0.3) is 38.5 Å². The molecule has 0 spiro atoms. The monoisotopic (exact) mass is 754 g/mol. The van der Waals surface area contributed by atoms with E-state index >= 15 is 0 Å². The number of fused-ring (bicyclic) bond motifs is 13. The molecule has 4 nitrogen and oxygen atoms in total. The van der Waals surface area contributed by atoms with Crippen molar-refractivity contribution in [2.75, 3.05) is 4.90 Å². The number of hydrogen-bond acceptors (Lipinski definition) is 3. The number of benzene rings is 6. The number of para-hydroxylation sites is 4. The van der Waals surface area contributed by atoms with Crippen LogP contribution >= 0.6 is 0 Å². The predicted octanol–water partition coefficient (Wildman–Crippen LogP) is 12.1. The number of ether oxygens (including phenoxy) is 1. The van der Waals surface area contributed by atoms with E-state index in [-0.39, 0.29) is 23.0 Å². The Kier molecular flexibility index (Phi) is 6.48. The largest absolute Gasteiger partial charge is 0.458 e. The molecule has 2 aromatic heterocycles. The molecule has 0 unspecified atom stereocenters. The lowest BCUT2D eigenvalue weighted by atomic mass is 9.34. The SMILES string of the molecule is CC1(C)CC(C)(C)c2cc(N3c4cc(-n5c6ccccc6c6ccccc65)cc5c4B(c4ccccc4O5)c4c3oc3c(C56CCC(CC5)CC6)cccc43)ccc21. The van der Waals surface area contributed by atoms with E-state index in [0.29, 0.717) is 0 Å². The molecule has 5 heteroatoms. The summed E-state index contributed by atoms with van der Waals surface area (Å²) >= 11 is 0. The van der Waals surface area contributed by atoms with Gasteiger partial charge in [-0.2, -0.15) is 0 Å². The summed E-state index contributed by atoms with van der Waals surface area (Å²) in [5.74, 6) is 3.66. The Bertz CT molecular complexity index is 3000. The quantitative estimate of drug-likeness (QED) is 0.168. The highest BCUT2D eigenvalue weighted by atomic mass is 16.5. The zero-order valence-corrected chi connectivity index (χ0v) is 33.9. The van der Waals surface area contributed by atoms with Crippen molar-refractivity contribution in [3.05, 3.63) is 138 Å². The average Bonchev–Trinajstić information content (AvgIpc) is 3.85. The van der Waals surface area contributed by atoms with Crippen molar-refractivity contribution < 1.29 is 9.15 Å². The molecule has 0 saturated heterocycles. The van der Waals surface area contributed by atoms with Gasteiger partial charge in [-0.05, 0) is 126 Å². The molecule has 14 rings (SSSR count). The smallest absolute Gasteiger partial charge is 0.261 e. The molecule has 0 radical (unpaired) electrons. The van der Waals surface area contributed by atoms with Crippen LogP contribution in [0.15, 0.2) is 126 Å². The van der Waals surface area contributed by atoms with Gasteiger partial charge in [0.25, 0.3) is 6.71 Å². The number of anilines is 3. The van der Waals surface area contributed by atoms with Crippen LogP contribution in [0.5, 0.6) is 11.5 Å². The van der Waals surface area contributed by atoms with Gasteiger partial charge < -0.3 is 13.7 Å².